The van der Waals surface area contributed by atoms with Gasteiger partial charge in [-0.2, -0.15) is 9.40 Å². The number of rotatable bonds is 5. The third-order valence-corrected chi connectivity index (χ3v) is 7.08. The van der Waals surface area contributed by atoms with Gasteiger partial charge in [-0.05, 0) is 37.3 Å². The normalized spacial score (nSPS) is 16.1. The Morgan fingerprint density at radius 3 is 2.56 bits per heavy atom. The quantitative estimate of drug-likeness (QED) is 0.769. The van der Waals surface area contributed by atoms with Gasteiger partial charge in [0, 0.05) is 36.9 Å². The molecule has 0 spiro atoms. The van der Waals surface area contributed by atoms with E-state index in [0.717, 1.165) is 30.6 Å². The molecule has 0 atom stereocenters. The minimum Gasteiger partial charge on any atom is -0.322 e. The van der Waals surface area contributed by atoms with Crippen molar-refractivity contribution in [2.75, 3.05) is 24.7 Å². The smallest absolute Gasteiger partial charge is 0.263 e. The lowest BCUT2D eigenvalue weighted by Gasteiger charge is -2.19. The van der Waals surface area contributed by atoms with Gasteiger partial charge in [0.25, 0.3) is 15.9 Å². The average molecular weight is 409 g/mol. The number of carbonyl (C=O) groups excluding carboxylic acids is 1. The fourth-order valence-corrected chi connectivity index (χ4v) is 5.22. The number of hydrogen-bond donors (Lipinski definition) is 1. The summed E-state index contributed by atoms with van der Waals surface area (Å²) in [5.74, 6) is -0.477. The zero-order valence-corrected chi connectivity index (χ0v) is 17.1. The molecule has 1 saturated heterocycles. The monoisotopic (exact) mass is 408 g/mol. The molecule has 1 aliphatic heterocycles. The van der Waals surface area contributed by atoms with Crippen molar-refractivity contribution in [3.63, 3.8) is 0 Å². The van der Waals surface area contributed by atoms with E-state index in [1.165, 1.54) is 15.2 Å². The zero-order valence-electron chi connectivity index (χ0n) is 15.5. The van der Waals surface area contributed by atoms with Gasteiger partial charge in [-0.1, -0.05) is 18.9 Å². The van der Waals surface area contributed by atoms with Crippen LogP contribution in [0, 0.1) is 0 Å². The van der Waals surface area contributed by atoms with E-state index in [0.29, 0.717) is 18.8 Å². The summed E-state index contributed by atoms with van der Waals surface area (Å²) in [7, 11) is -2.19. The Kier molecular flexibility index (Phi) is 6.23. The molecule has 2 aromatic rings. The van der Waals surface area contributed by atoms with Crippen molar-refractivity contribution < 1.29 is 13.2 Å². The van der Waals surface area contributed by atoms with E-state index in [4.69, 9.17) is 0 Å². The molecule has 1 aromatic carbocycles. The minimum absolute atomic E-state index is 0.0660. The van der Waals surface area contributed by atoms with E-state index in [-0.39, 0.29) is 10.6 Å². The van der Waals surface area contributed by atoms with Gasteiger partial charge in [0.15, 0.2) is 0 Å². The van der Waals surface area contributed by atoms with Crippen LogP contribution in [0.5, 0.6) is 0 Å². The summed E-state index contributed by atoms with van der Waals surface area (Å²) in [5, 5.41) is 6.72. The molecule has 0 radical (unpaired) electrons. The number of carbonyl (C=O) groups is 1. The van der Waals surface area contributed by atoms with Gasteiger partial charge in [0.05, 0.1) is 5.56 Å². The molecular formula is C18H24N4O3S2. The highest BCUT2D eigenvalue weighted by Gasteiger charge is 2.32. The number of aromatic nitrogens is 2. The summed E-state index contributed by atoms with van der Waals surface area (Å²) >= 11 is 1.57. The number of anilines is 1. The van der Waals surface area contributed by atoms with E-state index in [2.05, 4.69) is 10.4 Å². The highest BCUT2D eigenvalue weighted by atomic mass is 32.2. The Labute approximate surface area is 164 Å². The lowest BCUT2D eigenvalue weighted by atomic mass is 10.2. The van der Waals surface area contributed by atoms with Crippen molar-refractivity contribution >= 4 is 33.4 Å². The van der Waals surface area contributed by atoms with Gasteiger partial charge in [-0.3, -0.25) is 9.48 Å². The first-order chi connectivity index (χ1) is 12.9. The number of benzene rings is 1. The Hall–Kier alpha value is -1.84. The molecule has 1 aliphatic rings. The highest BCUT2D eigenvalue weighted by molar-refractivity contribution is 7.98. The molecule has 1 fully saturated rings. The number of thioether (sulfide) groups is 1. The molecule has 1 N–H and O–H groups in total. The van der Waals surface area contributed by atoms with E-state index in [1.54, 1.807) is 24.9 Å². The highest BCUT2D eigenvalue weighted by Crippen LogP contribution is 2.24. The summed E-state index contributed by atoms with van der Waals surface area (Å²) in [6.45, 7) is 0.936. The Morgan fingerprint density at radius 1 is 1.19 bits per heavy atom. The summed E-state index contributed by atoms with van der Waals surface area (Å²) in [4.78, 5) is 13.8. The average Bonchev–Trinajstić information content (AvgIpc) is 2.86. The van der Waals surface area contributed by atoms with Gasteiger partial charge in [0.2, 0.25) is 5.03 Å². The van der Waals surface area contributed by atoms with Gasteiger partial charge >= 0.3 is 0 Å². The summed E-state index contributed by atoms with van der Waals surface area (Å²) < 4.78 is 29.0. The van der Waals surface area contributed by atoms with Crippen molar-refractivity contribution in [3.8, 4) is 0 Å². The molecule has 2 heterocycles. The first kappa shape index (κ1) is 19.9. The SMILES string of the molecule is CSc1cccc(NC(=O)c2cn(C)nc2S(=O)(=O)N2CCCCCC2)c1. The number of nitrogens with zero attached hydrogens (tertiary/aromatic N) is 3. The second-order valence-corrected chi connectivity index (χ2v) is 9.26. The van der Waals surface area contributed by atoms with Crippen LogP contribution < -0.4 is 5.32 Å². The van der Waals surface area contributed by atoms with Crippen LogP contribution >= 0.6 is 11.8 Å². The number of hydrogen-bond acceptors (Lipinski definition) is 5. The maximum Gasteiger partial charge on any atom is 0.263 e. The molecule has 27 heavy (non-hydrogen) atoms. The number of sulfonamides is 1. The van der Waals surface area contributed by atoms with Crippen LogP contribution in [-0.4, -0.2) is 47.8 Å². The number of nitrogens with one attached hydrogen (secondary N) is 1. The van der Waals surface area contributed by atoms with E-state index in [1.807, 2.05) is 24.5 Å². The van der Waals surface area contributed by atoms with E-state index in [9.17, 15) is 13.2 Å². The molecule has 0 aliphatic carbocycles. The predicted molar refractivity (Wildman–Crippen MR) is 107 cm³/mol. The third kappa shape index (κ3) is 4.53. The second kappa shape index (κ2) is 8.45. The molecular weight excluding hydrogens is 384 g/mol. The molecule has 0 unspecified atom stereocenters. The van der Waals surface area contributed by atoms with Crippen molar-refractivity contribution in [1.82, 2.24) is 14.1 Å². The molecule has 9 heteroatoms. The van der Waals surface area contributed by atoms with Crippen LogP contribution in [0.15, 0.2) is 40.4 Å². The Morgan fingerprint density at radius 2 is 1.89 bits per heavy atom. The van der Waals surface area contributed by atoms with Crippen LogP contribution in [0.1, 0.15) is 36.0 Å². The van der Waals surface area contributed by atoms with Crippen LogP contribution in [0.3, 0.4) is 0 Å². The standard InChI is InChI=1S/C18H24N4O3S2/c1-21-13-16(17(23)19-14-8-7-9-15(12-14)26-2)18(20-21)27(24,25)22-10-5-3-4-6-11-22/h7-9,12-13H,3-6,10-11H2,1-2H3,(H,19,23). The summed E-state index contributed by atoms with van der Waals surface area (Å²) in [6, 6.07) is 7.41. The van der Waals surface area contributed by atoms with E-state index < -0.39 is 15.9 Å². The minimum atomic E-state index is -3.81. The van der Waals surface area contributed by atoms with Crippen LogP contribution in [0.2, 0.25) is 0 Å². The van der Waals surface area contributed by atoms with Crippen molar-refractivity contribution in [2.24, 2.45) is 7.05 Å². The maximum absolute atomic E-state index is 13.1. The van der Waals surface area contributed by atoms with Crippen LogP contribution in [0.25, 0.3) is 0 Å². The number of amides is 1. The summed E-state index contributed by atoms with van der Waals surface area (Å²) in [6.07, 6.45) is 7.11. The summed E-state index contributed by atoms with van der Waals surface area (Å²) in [5.41, 5.74) is 0.685. The predicted octanol–water partition coefficient (Wildman–Crippen LogP) is 2.96. The topological polar surface area (TPSA) is 84.3 Å². The van der Waals surface area contributed by atoms with Crippen LogP contribution in [-0.2, 0) is 17.1 Å². The molecule has 1 aromatic heterocycles. The fourth-order valence-electron chi connectivity index (χ4n) is 3.12. The number of aryl methyl sites for hydroxylation is 1. The van der Waals surface area contributed by atoms with Crippen molar-refractivity contribution in [3.05, 3.63) is 36.0 Å². The Balaban J connectivity index is 1.89. The molecule has 0 bridgehead atoms. The third-order valence-electron chi connectivity index (χ3n) is 4.52. The van der Waals surface area contributed by atoms with Crippen molar-refractivity contribution in [2.45, 2.75) is 35.6 Å². The molecule has 1 amide bonds. The second-order valence-electron chi connectivity index (χ2n) is 6.53. The molecule has 0 saturated carbocycles. The first-order valence-electron chi connectivity index (χ1n) is 8.91. The van der Waals surface area contributed by atoms with Gasteiger partial charge in [-0.15, -0.1) is 11.8 Å². The maximum atomic E-state index is 13.1. The lowest BCUT2D eigenvalue weighted by Crippen LogP contribution is -2.33. The fraction of sp³-hybridized carbons (Fsp3) is 0.444. The van der Waals surface area contributed by atoms with Crippen LogP contribution in [0.4, 0.5) is 5.69 Å². The largest absolute Gasteiger partial charge is 0.322 e. The van der Waals surface area contributed by atoms with Crippen molar-refractivity contribution in [1.29, 1.82) is 0 Å². The molecule has 146 valence electrons. The molecule has 3 rings (SSSR count). The zero-order chi connectivity index (χ0) is 19.4. The van der Waals surface area contributed by atoms with Gasteiger partial charge < -0.3 is 5.32 Å². The Bertz CT molecular complexity index is 916. The molecule has 7 nitrogen and oxygen atoms in total. The van der Waals surface area contributed by atoms with Gasteiger partial charge in [0.1, 0.15) is 0 Å². The lowest BCUT2D eigenvalue weighted by molar-refractivity contribution is 0.102. The van der Waals surface area contributed by atoms with E-state index >= 15 is 0 Å². The first-order valence-corrected chi connectivity index (χ1v) is 11.6. The van der Waals surface area contributed by atoms with Gasteiger partial charge in [-0.25, -0.2) is 8.42 Å².